The molecule has 224 valence electrons. The fraction of sp³-hybridized carbons (Fsp3) is 0.138. The van der Waals surface area contributed by atoms with Gasteiger partial charge in [-0.3, -0.25) is 9.52 Å². The number of aromatic nitrogens is 2. The van der Waals surface area contributed by atoms with Crippen LogP contribution in [0.4, 0.5) is 18.9 Å². The van der Waals surface area contributed by atoms with Crippen molar-refractivity contribution in [3.8, 4) is 0 Å². The van der Waals surface area contributed by atoms with Crippen LogP contribution in [0.15, 0.2) is 83.3 Å². The van der Waals surface area contributed by atoms with Gasteiger partial charge in [0.15, 0.2) is 5.82 Å². The zero-order valence-corrected chi connectivity index (χ0v) is 23.6. The summed E-state index contributed by atoms with van der Waals surface area (Å²) in [5.74, 6) is -4.20. The Morgan fingerprint density at radius 1 is 1.21 bits per heavy atom. The smallest absolute Gasteiger partial charge is 0.262 e. The summed E-state index contributed by atoms with van der Waals surface area (Å²) in [6.07, 6.45) is 6.16. The Morgan fingerprint density at radius 2 is 2.00 bits per heavy atom. The molecule has 0 unspecified atom stereocenters. The third-order valence-corrected chi connectivity index (χ3v) is 7.53. The van der Waals surface area contributed by atoms with E-state index in [9.17, 15) is 22.0 Å². The van der Waals surface area contributed by atoms with Gasteiger partial charge in [0.05, 0.1) is 16.1 Å². The second-order valence-corrected chi connectivity index (χ2v) is 10.8. The van der Waals surface area contributed by atoms with Gasteiger partial charge in [0.2, 0.25) is 5.78 Å². The van der Waals surface area contributed by atoms with E-state index in [1.54, 1.807) is 7.11 Å². The van der Waals surface area contributed by atoms with Crippen LogP contribution in [-0.2, 0) is 14.8 Å². The molecule has 5 N–H and O–H groups in total. The maximum Gasteiger partial charge on any atom is 0.262 e. The number of fused-ring (bicyclic) bond motifs is 1. The predicted molar refractivity (Wildman–Crippen MR) is 157 cm³/mol. The minimum absolute atomic E-state index is 0.134. The fourth-order valence-corrected chi connectivity index (χ4v) is 5.11. The van der Waals surface area contributed by atoms with E-state index in [1.807, 2.05) is 4.72 Å². The maximum atomic E-state index is 15.5. The van der Waals surface area contributed by atoms with Crippen LogP contribution in [0, 0.1) is 17.5 Å². The lowest BCUT2D eigenvalue weighted by Crippen LogP contribution is -2.16. The Hall–Kier alpha value is -4.95. The second-order valence-electron chi connectivity index (χ2n) is 9.10. The van der Waals surface area contributed by atoms with Crippen molar-refractivity contribution in [3.05, 3.63) is 108 Å². The van der Waals surface area contributed by atoms with Crippen molar-refractivity contribution in [3.63, 3.8) is 0 Å². The van der Waals surface area contributed by atoms with Crippen LogP contribution in [0.2, 0.25) is 0 Å². The summed E-state index contributed by atoms with van der Waals surface area (Å²) in [6.45, 7) is 4.98. The number of hydrogen-bond acceptors (Lipinski definition) is 8. The van der Waals surface area contributed by atoms with Crippen molar-refractivity contribution >= 4 is 44.3 Å². The Morgan fingerprint density at radius 3 is 2.72 bits per heavy atom. The largest absolute Gasteiger partial charge is 0.404 e. The number of ether oxygens (including phenoxy) is 1. The predicted octanol–water partition coefficient (Wildman–Crippen LogP) is 4.48. The van der Waals surface area contributed by atoms with Crippen LogP contribution in [0.5, 0.6) is 0 Å². The average Bonchev–Trinajstić information content (AvgIpc) is 3.41. The van der Waals surface area contributed by atoms with E-state index in [2.05, 4.69) is 26.9 Å². The number of anilines is 1. The van der Waals surface area contributed by atoms with Crippen molar-refractivity contribution in [1.29, 1.82) is 0 Å². The third-order valence-electron chi connectivity index (χ3n) is 6.17. The lowest BCUT2D eigenvalue weighted by molar-refractivity contribution is 0.103. The van der Waals surface area contributed by atoms with Gasteiger partial charge in [-0.2, -0.15) is 0 Å². The zero-order valence-electron chi connectivity index (χ0n) is 22.8. The highest BCUT2D eigenvalue weighted by Gasteiger charge is 2.26. The number of sulfonamides is 1. The molecule has 0 saturated heterocycles. The van der Waals surface area contributed by atoms with Gasteiger partial charge in [-0.25, -0.2) is 31.6 Å². The first-order valence-corrected chi connectivity index (χ1v) is 14.2. The van der Waals surface area contributed by atoms with Gasteiger partial charge in [-0.15, -0.1) is 0 Å². The highest BCUT2D eigenvalue weighted by molar-refractivity contribution is 7.92. The number of benzene rings is 2. The number of rotatable bonds is 13. The molecule has 0 saturated carbocycles. The highest BCUT2D eigenvalue weighted by Crippen LogP contribution is 2.29. The summed E-state index contributed by atoms with van der Waals surface area (Å²) in [5, 5.41) is 3.24. The molecule has 4 rings (SSSR count). The molecule has 2 aromatic carbocycles. The van der Waals surface area contributed by atoms with Gasteiger partial charge in [-0.1, -0.05) is 12.6 Å². The number of H-pyrrole nitrogens is 1. The molecule has 4 aromatic rings. The molecule has 10 nitrogen and oxygen atoms in total. The first kappa shape index (κ1) is 31.0. The molecule has 0 aliphatic carbocycles. The molecular weight excluding hydrogens is 585 g/mol. The third kappa shape index (κ3) is 7.10. The standard InChI is InChI=1S/C29H27F3N6O4S/c1-17(34-9-4-10-42-2)35-15-19(13-33)18-11-22-23(16-37-29(22)36-14-18)28(39)26-24(31)7-8-25(27(26)32)38-43(40,41)21-6-3-5-20(30)12-21/h3,5-8,11-16,34,38H,1,4,9-10,33H2,2H3,(H,36,37)/b19-13+,35-15?. The van der Waals surface area contributed by atoms with E-state index < -0.39 is 49.4 Å². The van der Waals surface area contributed by atoms with Crippen molar-refractivity contribution in [2.75, 3.05) is 25.0 Å². The van der Waals surface area contributed by atoms with Crippen LogP contribution in [0.3, 0.4) is 0 Å². The van der Waals surface area contributed by atoms with Crippen LogP contribution in [0.1, 0.15) is 27.9 Å². The van der Waals surface area contributed by atoms with Crippen molar-refractivity contribution in [2.45, 2.75) is 11.3 Å². The number of aliphatic imine (C=N–C) groups is 1. The Bertz CT molecular complexity index is 1850. The number of nitrogens with zero attached hydrogens (tertiary/aromatic N) is 2. The lowest BCUT2D eigenvalue weighted by Gasteiger charge is -2.12. The van der Waals surface area contributed by atoms with Gasteiger partial charge in [0.25, 0.3) is 10.0 Å². The molecule has 0 aliphatic heterocycles. The summed E-state index contributed by atoms with van der Waals surface area (Å²) < 4.78 is 76.3. The minimum atomic E-state index is -4.47. The summed E-state index contributed by atoms with van der Waals surface area (Å²) in [7, 11) is -2.86. The minimum Gasteiger partial charge on any atom is -0.404 e. The summed E-state index contributed by atoms with van der Waals surface area (Å²) >= 11 is 0. The lowest BCUT2D eigenvalue weighted by atomic mass is 10.00. The molecule has 0 spiro atoms. The van der Waals surface area contributed by atoms with E-state index in [0.717, 1.165) is 42.8 Å². The van der Waals surface area contributed by atoms with E-state index in [-0.39, 0.29) is 16.6 Å². The maximum absolute atomic E-state index is 15.5. The molecule has 0 amide bonds. The quantitative estimate of drug-likeness (QED) is 0.0987. The van der Waals surface area contributed by atoms with Gasteiger partial charge >= 0.3 is 0 Å². The number of allylic oxidation sites excluding steroid dienone is 1. The molecule has 2 heterocycles. The average molecular weight is 613 g/mol. The van der Waals surface area contributed by atoms with Crippen LogP contribution in [-0.4, -0.2) is 50.6 Å². The van der Waals surface area contributed by atoms with Crippen LogP contribution in [0.25, 0.3) is 16.6 Å². The Kier molecular flexibility index (Phi) is 9.63. The Labute approximate surface area is 245 Å². The van der Waals surface area contributed by atoms with Crippen molar-refractivity contribution in [2.24, 2.45) is 10.7 Å². The first-order valence-electron chi connectivity index (χ1n) is 12.7. The van der Waals surface area contributed by atoms with E-state index >= 15 is 4.39 Å². The molecule has 0 bridgehead atoms. The molecule has 0 radical (unpaired) electrons. The van der Waals surface area contributed by atoms with Gasteiger partial charge in [0, 0.05) is 67.2 Å². The molecule has 2 aromatic heterocycles. The second kappa shape index (κ2) is 13.4. The number of aromatic amines is 1. The number of pyridine rings is 1. The number of ketones is 1. The van der Waals surface area contributed by atoms with Gasteiger partial charge in [0.1, 0.15) is 23.1 Å². The number of nitrogens with one attached hydrogen (secondary N) is 3. The van der Waals surface area contributed by atoms with Crippen LogP contribution >= 0.6 is 0 Å². The number of halogens is 3. The number of carbonyl (C=O) groups excluding carboxylic acids is 1. The number of methoxy groups -OCH3 is 1. The highest BCUT2D eigenvalue weighted by atomic mass is 32.2. The van der Waals surface area contributed by atoms with E-state index in [4.69, 9.17) is 10.5 Å². The molecular formula is C29H27F3N6O4S. The van der Waals surface area contributed by atoms with Gasteiger partial charge in [-0.05, 0) is 42.8 Å². The van der Waals surface area contributed by atoms with Crippen molar-refractivity contribution < 1.29 is 31.1 Å². The topological polar surface area (TPSA) is 152 Å². The molecule has 14 heteroatoms. The fourth-order valence-electron chi connectivity index (χ4n) is 4.02. The van der Waals surface area contributed by atoms with Crippen molar-refractivity contribution in [1.82, 2.24) is 15.3 Å². The normalized spacial score (nSPS) is 12.1. The Balaban J connectivity index is 1.64. The SMILES string of the molecule is C=C(N=C/C(=C\N)c1cnc2[nH]cc(C(=O)c3c(F)ccc(NS(=O)(=O)c4cccc(F)c4)c3F)c2c1)NCCCOC. The molecule has 0 fully saturated rings. The zero-order chi connectivity index (χ0) is 31.1. The van der Waals surface area contributed by atoms with Gasteiger partial charge < -0.3 is 20.8 Å². The number of carbonyl (C=O) groups is 1. The molecule has 0 aliphatic rings. The summed E-state index contributed by atoms with van der Waals surface area (Å²) in [5.41, 5.74) is 5.06. The summed E-state index contributed by atoms with van der Waals surface area (Å²) in [6, 6.07) is 7.14. The summed E-state index contributed by atoms with van der Waals surface area (Å²) in [4.78, 5) is 24.3. The molecule has 0 atom stereocenters. The number of nitrogens with two attached hydrogens (primary N) is 1. The van der Waals surface area contributed by atoms with Crippen LogP contribution < -0.4 is 15.8 Å². The first-order chi connectivity index (χ1) is 20.6. The monoisotopic (exact) mass is 612 g/mol. The van der Waals surface area contributed by atoms with E-state index in [0.29, 0.717) is 30.1 Å². The number of hydrogen-bond donors (Lipinski definition) is 4. The molecule has 43 heavy (non-hydrogen) atoms. The van der Waals surface area contributed by atoms with E-state index in [1.165, 1.54) is 30.9 Å².